The van der Waals surface area contributed by atoms with Crippen LogP contribution in [0.5, 0.6) is 34.5 Å². The number of rotatable bonds is 7. The molecule has 6 nitrogen and oxygen atoms in total. The molecule has 0 spiro atoms. The Kier molecular flexibility index (Phi) is 5.85. The SMILES string of the molecule is COc1cc(Cc2c(C)cc(OC)c(OC)c2O)cc(OC)c1OC. The minimum absolute atomic E-state index is 0.0631. The summed E-state index contributed by atoms with van der Waals surface area (Å²) in [6.45, 7) is 1.91. The van der Waals surface area contributed by atoms with Crippen molar-refractivity contribution in [2.45, 2.75) is 13.3 Å². The van der Waals surface area contributed by atoms with Crippen molar-refractivity contribution in [1.29, 1.82) is 0 Å². The first-order valence-corrected chi connectivity index (χ1v) is 7.72. The quantitative estimate of drug-likeness (QED) is 0.828. The lowest BCUT2D eigenvalue weighted by molar-refractivity contribution is 0.323. The summed E-state index contributed by atoms with van der Waals surface area (Å²) in [4.78, 5) is 0. The highest BCUT2D eigenvalue weighted by Crippen LogP contribution is 2.43. The first-order valence-electron chi connectivity index (χ1n) is 7.72. The molecule has 2 aromatic rings. The lowest BCUT2D eigenvalue weighted by Crippen LogP contribution is -2.00. The van der Waals surface area contributed by atoms with Crippen molar-refractivity contribution >= 4 is 0 Å². The molecule has 0 unspecified atom stereocenters. The van der Waals surface area contributed by atoms with Crippen LogP contribution in [-0.4, -0.2) is 40.7 Å². The van der Waals surface area contributed by atoms with E-state index in [1.165, 1.54) is 14.2 Å². The van der Waals surface area contributed by atoms with Gasteiger partial charge in [-0.3, -0.25) is 0 Å². The second-order valence-corrected chi connectivity index (χ2v) is 5.47. The van der Waals surface area contributed by atoms with Crippen molar-refractivity contribution < 1.29 is 28.8 Å². The van der Waals surface area contributed by atoms with Gasteiger partial charge >= 0.3 is 0 Å². The predicted octanol–water partition coefficient (Wildman–Crippen LogP) is 3.33. The summed E-state index contributed by atoms with van der Waals surface area (Å²) in [5, 5.41) is 10.6. The minimum Gasteiger partial charge on any atom is -0.504 e. The van der Waals surface area contributed by atoms with Crippen molar-refractivity contribution in [3.8, 4) is 34.5 Å². The highest BCUT2D eigenvalue weighted by atomic mass is 16.5. The van der Waals surface area contributed by atoms with Crippen LogP contribution in [0.3, 0.4) is 0 Å². The number of hydrogen-bond acceptors (Lipinski definition) is 6. The molecule has 0 heterocycles. The van der Waals surface area contributed by atoms with E-state index in [2.05, 4.69) is 0 Å². The number of ether oxygens (including phenoxy) is 5. The Morgan fingerprint density at radius 3 is 1.64 bits per heavy atom. The Labute approximate surface area is 147 Å². The monoisotopic (exact) mass is 348 g/mol. The van der Waals surface area contributed by atoms with E-state index >= 15 is 0 Å². The molecule has 0 saturated carbocycles. The van der Waals surface area contributed by atoms with E-state index in [4.69, 9.17) is 23.7 Å². The van der Waals surface area contributed by atoms with E-state index in [1.54, 1.807) is 21.3 Å². The van der Waals surface area contributed by atoms with Gasteiger partial charge < -0.3 is 28.8 Å². The fraction of sp³-hybridized carbons (Fsp3) is 0.368. The zero-order valence-corrected chi connectivity index (χ0v) is 15.4. The molecule has 1 N–H and O–H groups in total. The number of hydrogen-bond donors (Lipinski definition) is 1. The maximum absolute atomic E-state index is 10.6. The highest BCUT2D eigenvalue weighted by molar-refractivity contribution is 5.60. The number of aromatic hydroxyl groups is 1. The molecule has 2 aromatic carbocycles. The third-order valence-electron chi connectivity index (χ3n) is 4.08. The van der Waals surface area contributed by atoms with Crippen LogP contribution in [-0.2, 0) is 6.42 Å². The molecule has 0 aromatic heterocycles. The molecule has 0 fully saturated rings. The largest absolute Gasteiger partial charge is 0.504 e. The molecule has 136 valence electrons. The number of methoxy groups -OCH3 is 5. The summed E-state index contributed by atoms with van der Waals surface area (Å²) in [6.07, 6.45) is 0.467. The van der Waals surface area contributed by atoms with E-state index in [-0.39, 0.29) is 5.75 Å². The van der Waals surface area contributed by atoms with E-state index < -0.39 is 0 Å². The smallest absolute Gasteiger partial charge is 0.203 e. The Bertz CT molecular complexity index is 729. The minimum atomic E-state index is 0.0631. The van der Waals surface area contributed by atoms with E-state index in [1.807, 2.05) is 25.1 Å². The van der Waals surface area contributed by atoms with Gasteiger partial charge in [0.05, 0.1) is 35.5 Å². The maximum Gasteiger partial charge on any atom is 0.203 e. The third kappa shape index (κ3) is 3.52. The molecule has 0 saturated heterocycles. The zero-order valence-electron chi connectivity index (χ0n) is 15.4. The molecule has 0 aliphatic carbocycles. The Morgan fingerprint density at radius 1 is 0.720 bits per heavy atom. The first kappa shape index (κ1) is 18.6. The van der Waals surface area contributed by atoms with Gasteiger partial charge in [-0.25, -0.2) is 0 Å². The van der Waals surface area contributed by atoms with E-state index in [0.717, 1.165) is 16.7 Å². The van der Waals surface area contributed by atoms with Crippen LogP contribution in [0.4, 0.5) is 0 Å². The molecule has 0 aliphatic heterocycles. The fourth-order valence-corrected chi connectivity index (χ4v) is 2.80. The molecule has 25 heavy (non-hydrogen) atoms. The average Bonchev–Trinajstić information content (AvgIpc) is 2.63. The molecule has 0 atom stereocenters. The van der Waals surface area contributed by atoms with E-state index in [9.17, 15) is 5.11 Å². The molecular formula is C19H24O6. The molecular weight excluding hydrogens is 324 g/mol. The second-order valence-electron chi connectivity index (χ2n) is 5.47. The van der Waals surface area contributed by atoms with E-state index in [0.29, 0.717) is 35.2 Å². The Hall–Kier alpha value is -2.76. The lowest BCUT2D eigenvalue weighted by Gasteiger charge is -2.17. The van der Waals surface area contributed by atoms with Crippen LogP contribution in [0.15, 0.2) is 18.2 Å². The van der Waals surface area contributed by atoms with Gasteiger partial charge in [-0.05, 0) is 36.2 Å². The molecule has 6 heteroatoms. The molecule has 0 amide bonds. The number of benzene rings is 2. The van der Waals surface area contributed by atoms with Gasteiger partial charge in [-0.15, -0.1) is 0 Å². The second kappa shape index (κ2) is 7.88. The summed E-state index contributed by atoms with van der Waals surface area (Å²) in [6, 6.07) is 5.56. The van der Waals surface area contributed by atoms with Gasteiger partial charge in [0.1, 0.15) is 0 Å². The first-order chi connectivity index (χ1) is 12.0. The Balaban J connectivity index is 2.53. The third-order valence-corrected chi connectivity index (χ3v) is 4.08. The van der Waals surface area contributed by atoms with Crippen LogP contribution < -0.4 is 23.7 Å². The van der Waals surface area contributed by atoms with Crippen molar-refractivity contribution in [3.63, 3.8) is 0 Å². The average molecular weight is 348 g/mol. The van der Waals surface area contributed by atoms with Gasteiger partial charge in [-0.2, -0.15) is 0 Å². The van der Waals surface area contributed by atoms with Gasteiger partial charge in [0.25, 0.3) is 0 Å². The number of aryl methyl sites for hydroxylation is 1. The van der Waals surface area contributed by atoms with Gasteiger partial charge in [0, 0.05) is 12.0 Å². The van der Waals surface area contributed by atoms with Crippen molar-refractivity contribution in [1.82, 2.24) is 0 Å². The van der Waals surface area contributed by atoms with Crippen LogP contribution in [0, 0.1) is 6.92 Å². The summed E-state index contributed by atoms with van der Waals surface area (Å²) in [5.74, 6) is 2.53. The van der Waals surface area contributed by atoms with Crippen LogP contribution >= 0.6 is 0 Å². The van der Waals surface area contributed by atoms with Crippen molar-refractivity contribution in [2.24, 2.45) is 0 Å². The summed E-state index contributed by atoms with van der Waals surface area (Å²) < 4.78 is 26.7. The number of phenols is 1. The fourth-order valence-electron chi connectivity index (χ4n) is 2.80. The summed E-state index contributed by atoms with van der Waals surface area (Å²) in [7, 11) is 7.73. The maximum atomic E-state index is 10.6. The predicted molar refractivity (Wildman–Crippen MR) is 94.9 cm³/mol. The molecule has 0 radical (unpaired) electrons. The molecule has 2 rings (SSSR count). The highest BCUT2D eigenvalue weighted by Gasteiger charge is 2.19. The molecule has 0 bridgehead atoms. The Morgan fingerprint density at radius 2 is 1.20 bits per heavy atom. The van der Waals surface area contributed by atoms with Crippen molar-refractivity contribution in [3.05, 3.63) is 34.9 Å². The van der Waals surface area contributed by atoms with Crippen LogP contribution in [0.25, 0.3) is 0 Å². The van der Waals surface area contributed by atoms with Crippen molar-refractivity contribution in [2.75, 3.05) is 35.5 Å². The molecule has 0 aliphatic rings. The zero-order chi connectivity index (χ0) is 18.6. The standard InChI is InChI=1S/C19H24O6/c1-11-7-14(21-2)19(25-6)17(20)13(11)8-12-9-15(22-3)18(24-5)16(10-12)23-4/h7,9-10,20H,8H2,1-6H3. The summed E-state index contributed by atoms with van der Waals surface area (Å²) in [5.41, 5.74) is 2.54. The van der Waals surface area contributed by atoms with Gasteiger partial charge in [-0.1, -0.05) is 0 Å². The van der Waals surface area contributed by atoms with Gasteiger partial charge in [0.2, 0.25) is 11.5 Å². The van der Waals surface area contributed by atoms with Crippen LogP contribution in [0.1, 0.15) is 16.7 Å². The van der Waals surface area contributed by atoms with Gasteiger partial charge in [0.15, 0.2) is 23.0 Å². The lowest BCUT2D eigenvalue weighted by atomic mass is 9.98. The summed E-state index contributed by atoms with van der Waals surface area (Å²) >= 11 is 0. The number of phenolic OH excluding ortho intramolecular Hbond substituents is 1. The van der Waals surface area contributed by atoms with Crippen LogP contribution in [0.2, 0.25) is 0 Å². The topological polar surface area (TPSA) is 66.4 Å². The normalized spacial score (nSPS) is 10.3.